The highest BCUT2D eigenvalue weighted by Crippen LogP contribution is 2.40. The Balaban J connectivity index is 1.43. The van der Waals surface area contributed by atoms with Gasteiger partial charge in [-0.15, -0.1) is 10.2 Å². The van der Waals surface area contributed by atoms with Gasteiger partial charge in [0.25, 0.3) is 5.91 Å². The van der Waals surface area contributed by atoms with Gasteiger partial charge >= 0.3 is 6.18 Å². The number of hydrogen-bond donors (Lipinski definition) is 0. The van der Waals surface area contributed by atoms with Crippen molar-refractivity contribution in [2.24, 2.45) is 7.05 Å². The molecule has 10 heteroatoms. The van der Waals surface area contributed by atoms with Gasteiger partial charge in [0, 0.05) is 44.4 Å². The van der Waals surface area contributed by atoms with Gasteiger partial charge in [0.05, 0.1) is 12.1 Å². The number of amides is 1. The maximum Gasteiger partial charge on any atom is 0.416 e. The number of aromatic nitrogens is 3. The van der Waals surface area contributed by atoms with Crippen molar-refractivity contribution in [1.29, 1.82) is 0 Å². The standard InChI is InChI=1S/C26H27F4N5O/c1-16(8-24-32-31-15-33(24)2)18-4-3-5-20(11-18)35-14-22-21(25(35)36)9-17(10-23(22)26(28,29)30)12-34-7-6-19(27)13-34/h3-5,9-11,15-16,19H,6-8,12-14H2,1-2H3/t16-,19+/m1/s1. The molecule has 2 atom stereocenters. The average molecular weight is 502 g/mol. The minimum Gasteiger partial charge on any atom is -0.321 e. The SMILES string of the molecule is C[C@H](Cc1nncn1C)c1cccc(N2Cc3c(cc(CN4CC[C@H](F)C4)cc3C(F)(F)F)C2=O)c1. The van der Waals surface area contributed by atoms with Gasteiger partial charge in [-0.2, -0.15) is 13.2 Å². The van der Waals surface area contributed by atoms with E-state index in [9.17, 15) is 22.4 Å². The lowest BCUT2D eigenvalue weighted by Gasteiger charge is -2.19. The van der Waals surface area contributed by atoms with E-state index >= 15 is 0 Å². The third kappa shape index (κ3) is 4.74. The van der Waals surface area contributed by atoms with E-state index in [4.69, 9.17) is 0 Å². The molecule has 2 aromatic carbocycles. The molecule has 1 amide bonds. The molecule has 0 unspecified atom stereocenters. The van der Waals surface area contributed by atoms with Crippen LogP contribution >= 0.6 is 0 Å². The second-order valence-corrected chi connectivity index (χ2v) is 9.74. The van der Waals surface area contributed by atoms with Crippen LogP contribution in [0.4, 0.5) is 23.2 Å². The van der Waals surface area contributed by atoms with Crippen molar-refractivity contribution >= 4 is 11.6 Å². The number of hydrogen-bond acceptors (Lipinski definition) is 4. The predicted octanol–water partition coefficient (Wildman–Crippen LogP) is 4.88. The van der Waals surface area contributed by atoms with Crippen LogP contribution in [0.1, 0.15) is 57.7 Å². The molecule has 1 saturated heterocycles. The van der Waals surface area contributed by atoms with Gasteiger partial charge in [-0.3, -0.25) is 9.69 Å². The Hall–Kier alpha value is -3.27. The van der Waals surface area contributed by atoms with Gasteiger partial charge in [0.1, 0.15) is 18.3 Å². The Morgan fingerprint density at radius 2 is 2.00 bits per heavy atom. The number of aryl methyl sites for hydroxylation is 1. The fourth-order valence-corrected chi connectivity index (χ4v) is 5.09. The number of alkyl halides is 4. The summed E-state index contributed by atoms with van der Waals surface area (Å²) in [6.45, 7) is 2.74. The summed E-state index contributed by atoms with van der Waals surface area (Å²) in [5, 5.41) is 8.02. The van der Waals surface area contributed by atoms with Crippen molar-refractivity contribution in [3.8, 4) is 0 Å². The molecule has 36 heavy (non-hydrogen) atoms. The normalized spacial score (nSPS) is 19.2. The maximum absolute atomic E-state index is 14.0. The Kier molecular flexibility index (Phi) is 6.32. The molecule has 2 aliphatic rings. The van der Waals surface area contributed by atoms with Crippen LogP contribution in [0, 0.1) is 0 Å². The molecule has 0 bridgehead atoms. The fraction of sp³-hybridized carbons (Fsp3) is 0.423. The van der Waals surface area contributed by atoms with E-state index in [0.717, 1.165) is 17.5 Å². The summed E-state index contributed by atoms with van der Waals surface area (Å²) < 4.78 is 57.5. The van der Waals surface area contributed by atoms with Crippen LogP contribution in [-0.2, 0) is 32.7 Å². The molecule has 0 spiro atoms. The van der Waals surface area contributed by atoms with Crippen LogP contribution < -0.4 is 4.90 Å². The minimum atomic E-state index is -4.60. The minimum absolute atomic E-state index is 0.0152. The summed E-state index contributed by atoms with van der Waals surface area (Å²) in [5.74, 6) is 0.419. The lowest BCUT2D eigenvalue weighted by molar-refractivity contribution is -0.138. The van der Waals surface area contributed by atoms with Gasteiger partial charge in [-0.05, 0) is 53.3 Å². The number of halogens is 4. The highest BCUT2D eigenvalue weighted by atomic mass is 19.4. The molecule has 6 nitrogen and oxygen atoms in total. The number of rotatable bonds is 6. The lowest BCUT2D eigenvalue weighted by atomic mass is 9.97. The van der Waals surface area contributed by atoms with Gasteiger partial charge in [-0.25, -0.2) is 4.39 Å². The van der Waals surface area contributed by atoms with Crippen molar-refractivity contribution in [3.63, 3.8) is 0 Å². The summed E-state index contributed by atoms with van der Waals surface area (Å²) in [7, 11) is 1.87. The smallest absolute Gasteiger partial charge is 0.321 e. The number of likely N-dealkylation sites (tertiary alicyclic amines) is 1. The van der Waals surface area contributed by atoms with E-state index in [0.29, 0.717) is 30.6 Å². The van der Waals surface area contributed by atoms with Gasteiger partial charge in [-0.1, -0.05) is 19.1 Å². The van der Waals surface area contributed by atoms with Crippen LogP contribution in [0.15, 0.2) is 42.7 Å². The van der Waals surface area contributed by atoms with Crippen LogP contribution in [-0.4, -0.2) is 44.8 Å². The van der Waals surface area contributed by atoms with E-state index in [-0.39, 0.29) is 36.7 Å². The molecule has 1 aromatic heterocycles. The van der Waals surface area contributed by atoms with Crippen molar-refractivity contribution in [2.45, 2.75) is 51.1 Å². The summed E-state index contributed by atoms with van der Waals surface area (Å²) in [5.41, 5.74) is 1.12. The predicted molar refractivity (Wildman–Crippen MR) is 126 cm³/mol. The van der Waals surface area contributed by atoms with Crippen LogP contribution in [0.5, 0.6) is 0 Å². The van der Waals surface area contributed by atoms with E-state index < -0.39 is 23.8 Å². The van der Waals surface area contributed by atoms with Crippen LogP contribution in [0.25, 0.3) is 0 Å². The van der Waals surface area contributed by atoms with Crippen molar-refractivity contribution in [2.75, 3.05) is 18.0 Å². The van der Waals surface area contributed by atoms with Crippen LogP contribution in [0.2, 0.25) is 0 Å². The maximum atomic E-state index is 14.0. The largest absolute Gasteiger partial charge is 0.416 e. The van der Waals surface area contributed by atoms with Crippen LogP contribution in [0.3, 0.4) is 0 Å². The van der Waals surface area contributed by atoms with E-state index in [1.165, 1.54) is 4.90 Å². The molecule has 0 saturated carbocycles. The Labute approximate surface area is 206 Å². The second-order valence-electron chi connectivity index (χ2n) is 9.74. The molecule has 0 radical (unpaired) electrons. The Morgan fingerprint density at radius 1 is 1.19 bits per heavy atom. The summed E-state index contributed by atoms with van der Waals surface area (Å²) in [6, 6.07) is 9.99. The molecule has 3 heterocycles. The molecule has 1 fully saturated rings. The fourth-order valence-electron chi connectivity index (χ4n) is 5.09. The zero-order valence-electron chi connectivity index (χ0n) is 20.1. The first-order valence-electron chi connectivity index (χ1n) is 11.9. The Bertz CT molecular complexity index is 1290. The second kappa shape index (κ2) is 9.31. The number of fused-ring (bicyclic) bond motifs is 1. The topological polar surface area (TPSA) is 54.3 Å². The molecular weight excluding hydrogens is 474 g/mol. The lowest BCUT2D eigenvalue weighted by Crippen LogP contribution is -2.23. The van der Waals surface area contributed by atoms with Gasteiger partial charge in [0.15, 0.2) is 0 Å². The highest BCUT2D eigenvalue weighted by Gasteiger charge is 2.40. The molecular formula is C26H27F4N5O. The van der Waals surface area contributed by atoms with E-state index in [1.807, 2.05) is 36.7 Å². The molecule has 0 aliphatic carbocycles. The third-order valence-electron chi connectivity index (χ3n) is 7.07. The zero-order chi connectivity index (χ0) is 25.6. The average Bonchev–Trinajstić information content (AvgIpc) is 3.52. The highest BCUT2D eigenvalue weighted by molar-refractivity contribution is 6.10. The van der Waals surface area contributed by atoms with Crippen molar-refractivity contribution in [3.05, 3.63) is 76.4 Å². The quantitative estimate of drug-likeness (QED) is 0.452. The molecule has 0 N–H and O–H groups in total. The summed E-state index contributed by atoms with van der Waals surface area (Å²) in [6.07, 6.45) is -2.94. The van der Waals surface area contributed by atoms with Gasteiger partial charge < -0.3 is 9.47 Å². The third-order valence-corrected chi connectivity index (χ3v) is 7.07. The molecule has 5 rings (SSSR count). The van der Waals surface area contributed by atoms with E-state index in [1.54, 1.807) is 23.4 Å². The number of anilines is 1. The number of nitrogens with zero attached hydrogens (tertiary/aromatic N) is 5. The number of benzene rings is 2. The first-order valence-corrected chi connectivity index (χ1v) is 11.9. The van der Waals surface area contributed by atoms with Crippen molar-refractivity contribution in [1.82, 2.24) is 19.7 Å². The van der Waals surface area contributed by atoms with Gasteiger partial charge in [0.2, 0.25) is 0 Å². The summed E-state index contributed by atoms with van der Waals surface area (Å²) in [4.78, 5) is 16.5. The molecule has 2 aliphatic heterocycles. The first-order chi connectivity index (χ1) is 17.1. The molecule has 190 valence electrons. The number of carbonyl (C=O) groups is 1. The molecule has 3 aromatic rings. The monoisotopic (exact) mass is 501 g/mol. The van der Waals surface area contributed by atoms with Crippen molar-refractivity contribution < 1.29 is 22.4 Å². The summed E-state index contributed by atoms with van der Waals surface area (Å²) >= 11 is 0. The number of carbonyl (C=O) groups excluding carboxylic acids is 1. The van der Waals surface area contributed by atoms with E-state index in [2.05, 4.69) is 10.2 Å². The Morgan fingerprint density at radius 3 is 2.67 bits per heavy atom. The first kappa shape index (κ1) is 24.4. The zero-order valence-corrected chi connectivity index (χ0v) is 20.1.